The molecule has 3 aliphatic rings. The summed E-state index contributed by atoms with van der Waals surface area (Å²) in [5, 5.41) is 25.9. The van der Waals surface area contributed by atoms with E-state index in [0.717, 1.165) is 35.7 Å². The maximum absolute atomic E-state index is 17.8. The Bertz CT molecular complexity index is 2400. The fraction of sp³-hybridized carbons (Fsp3) is 0.561. The average molecular weight is 785 g/mol. The van der Waals surface area contributed by atoms with Gasteiger partial charge in [0.25, 0.3) is 0 Å². The molecule has 0 saturated carbocycles. The zero-order valence-corrected chi connectivity index (χ0v) is 34.2. The topological polar surface area (TPSA) is 130 Å². The fourth-order valence-corrected chi connectivity index (χ4v) is 8.94. The number of nitriles is 1. The first kappa shape index (κ1) is 38.3. The molecule has 8 rings (SSSR count). The third-order valence-corrected chi connectivity index (χ3v) is 12.4. The molecule has 3 saturated heterocycles. The van der Waals surface area contributed by atoms with Crippen LogP contribution < -0.4 is 4.90 Å². The Kier molecular flexibility index (Phi) is 9.65. The number of likely N-dealkylation sites (tertiary alicyclic amines) is 1. The first-order valence-corrected chi connectivity index (χ1v) is 19.9. The number of likely N-dealkylation sites (N-methyl/N-ethyl adjacent to an activating group) is 1. The number of nitrogens with zero attached hydrogens (tertiary/aromatic N) is 10. The SMILES string of the molecule is Cc1cc2c(nc(N3CC(C)(N(C)C)C3)c3nnn([C@H]4CCN(C(=O)OC(C)(C)C)[C@H](CC#N)C4)c32)c(F)c1-c1c(C)c(Cl)cc2c1cnn2C1CCCCO1. The summed E-state index contributed by atoms with van der Waals surface area (Å²) in [7, 11) is 4.12. The second kappa shape index (κ2) is 14.1. The molecule has 6 heterocycles. The van der Waals surface area contributed by atoms with Gasteiger partial charge < -0.3 is 24.2 Å². The van der Waals surface area contributed by atoms with Crippen LogP contribution in [0.3, 0.4) is 0 Å². The van der Waals surface area contributed by atoms with Gasteiger partial charge in [-0.3, -0.25) is 0 Å². The third-order valence-electron chi connectivity index (χ3n) is 12.0. The van der Waals surface area contributed by atoms with E-state index in [-0.39, 0.29) is 29.7 Å². The van der Waals surface area contributed by atoms with Gasteiger partial charge in [-0.25, -0.2) is 23.5 Å². The van der Waals surface area contributed by atoms with Crippen molar-refractivity contribution in [2.75, 3.05) is 45.2 Å². The monoisotopic (exact) mass is 784 g/mol. The maximum atomic E-state index is 17.8. The number of halogens is 2. The Labute approximate surface area is 331 Å². The Morgan fingerprint density at radius 2 is 1.89 bits per heavy atom. The minimum absolute atomic E-state index is 0.0966. The molecule has 0 spiro atoms. The molecular weight excluding hydrogens is 735 g/mol. The molecule has 3 aliphatic heterocycles. The van der Waals surface area contributed by atoms with Gasteiger partial charge in [-0.05, 0) is 111 Å². The van der Waals surface area contributed by atoms with E-state index in [0.29, 0.717) is 83.0 Å². The highest BCUT2D eigenvalue weighted by molar-refractivity contribution is 6.33. The zero-order valence-electron chi connectivity index (χ0n) is 33.5. The summed E-state index contributed by atoms with van der Waals surface area (Å²) in [5.74, 6) is 0.115. The van der Waals surface area contributed by atoms with E-state index in [1.807, 2.05) is 56.1 Å². The summed E-state index contributed by atoms with van der Waals surface area (Å²) in [6, 6.07) is 5.54. The summed E-state index contributed by atoms with van der Waals surface area (Å²) in [6.45, 7) is 13.9. The number of pyridine rings is 1. The van der Waals surface area contributed by atoms with Crippen molar-refractivity contribution in [1.82, 2.24) is 39.6 Å². The van der Waals surface area contributed by atoms with E-state index in [1.54, 1.807) is 11.1 Å². The molecule has 5 aromatic rings. The molecule has 56 heavy (non-hydrogen) atoms. The van der Waals surface area contributed by atoms with Gasteiger partial charge in [0.1, 0.15) is 16.6 Å². The predicted molar refractivity (Wildman–Crippen MR) is 214 cm³/mol. The quantitative estimate of drug-likeness (QED) is 0.167. The van der Waals surface area contributed by atoms with Gasteiger partial charge in [-0.1, -0.05) is 16.8 Å². The Morgan fingerprint density at radius 1 is 1.12 bits per heavy atom. The van der Waals surface area contributed by atoms with Crippen LogP contribution in [0.4, 0.5) is 15.0 Å². The van der Waals surface area contributed by atoms with Crippen LogP contribution in [-0.2, 0) is 9.47 Å². The van der Waals surface area contributed by atoms with Crippen molar-refractivity contribution in [2.45, 2.75) is 110 Å². The number of carbonyl (C=O) groups excluding carboxylic acids is 1. The molecule has 3 aromatic heterocycles. The van der Waals surface area contributed by atoms with Gasteiger partial charge in [0.15, 0.2) is 23.4 Å². The van der Waals surface area contributed by atoms with E-state index in [9.17, 15) is 10.1 Å². The lowest BCUT2D eigenvalue weighted by Crippen LogP contribution is -2.67. The second-order valence-corrected chi connectivity index (χ2v) is 17.7. The van der Waals surface area contributed by atoms with E-state index < -0.39 is 23.6 Å². The normalized spacial score (nSPS) is 21.6. The van der Waals surface area contributed by atoms with Crippen molar-refractivity contribution in [1.29, 1.82) is 5.26 Å². The van der Waals surface area contributed by atoms with Crippen LogP contribution in [0.5, 0.6) is 0 Å². The van der Waals surface area contributed by atoms with Gasteiger partial charge in [-0.15, -0.1) is 5.10 Å². The Morgan fingerprint density at radius 3 is 2.57 bits per heavy atom. The summed E-state index contributed by atoms with van der Waals surface area (Å²) < 4.78 is 33.3. The van der Waals surface area contributed by atoms with Crippen LogP contribution in [0.2, 0.25) is 5.02 Å². The molecule has 0 aliphatic carbocycles. The predicted octanol–water partition coefficient (Wildman–Crippen LogP) is 8.10. The summed E-state index contributed by atoms with van der Waals surface area (Å²) in [4.78, 5) is 24.3. The van der Waals surface area contributed by atoms with Gasteiger partial charge in [-0.2, -0.15) is 10.4 Å². The van der Waals surface area contributed by atoms with Crippen molar-refractivity contribution >= 4 is 56.4 Å². The highest BCUT2D eigenvalue weighted by atomic mass is 35.5. The molecule has 1 unspecified atom stereocenters. The largest absolute Gasteiger partial charge is 0.444 e. The fourth-order valence-electron chi connectivity index (χ4n) is 8.74. The minimum Gasteiger partial charge on any atom is -0.444 e. The van der Waals surface area contributed by atoms with Crippen molar-refractivity contribution in [2.24, 2.45) is 0 Å². The molecule has 1 amide bonds. The van der Waals surface area contributed by atoms with Crippen LogP contribution >= 0.6 is 11.6 Å². The van der Waals surface area contributed by atoms with E-state index in [2.05, 4.69) is 36.9 Å². The minimum atomic E-state index is -0.671. The number of carbonyl (C=O) groups is 1. The molecular formula is C41H50ClFN10O3. The smallest absolute Gasteiger partial charge is 0.410 e. The van der Waals surface area contributed by atoms with Crippen LogP contribution in [0.15, 0.2) is 18.3 Å². The molecule has 0 radical (unpaired) electrons. The molecule has 3 atom stereocenters. The lowest BCUT2D eigenvalue weighted by atomic mass is 9.90. The zero-order chi connectivity index (χ0) is 39.8. The number of aromatic nitrogens is 6. The maximum Gasteiger partial charge on any atom is 0.410 e. The van der Waals surface area contributed by atoms with Crippen molar-refractivity contribution in [3.05, 3.63) is 40.3 Å². The number of aryl methyl sites for hydroxylation is 1. The van der Waals surface area contributed by atoms with Crippen LogP contribution in [0.25, 0.3) is 44.0 Å². The van der Waals surface area contributed by atoms with Gasteiger partial charge in [0, 0.05) is 53.2 Å². The molecule has 15 heteroatoms. The molecule has 0 bridgehead atoms. The lowest BCUT2D eigenvalue weighted by Gasteiger charge is -2.52. The molecule has 2 aromatic carbocycles. The van der Waals surface area contributed by atoms with E-state index in [4.69, 9.17) is 41.5 Å². The van der Waals surface area contributed by atoms with Crippen molar-refractivity contribution < 1.29 is 18.7 Å². The number of ether oxygens (including phenoxy) is 2. The summed E-state index contributed by atoms with van der Waals surface area (Å²) in [5.41, 5.74) is 4.07. The number of fused-ring (bicyclic) bond motifs is 4. The number of benzene rings is 2. The van der Waals surface area contributed by atoms with Crippen molar-refractivity contribution in [3.63, 3.8) is 0 Å². The van der Waals surface area contributed by atoms with E-state index >= 15 is 4.39 Å². The van der Waals surface area contributed by atoms with Crippen LogP contribution in [0, 0.1) is 31.0 Å². The third kappa shape index (κ3) is 6.41. The average Bonchev–Trinajstić information content (AvgIpc) is 3.77. The molecule has 3 fully saturated rings. The second-order valence-electron chi connectivity index (χ2n) is 17.3. The first-order valence-electron chi connectivity index (χ1n) is 19.5. The first-order chi connectivity index (χ1) is 26.6. The summed E-state index contributed by atoms with van der Waals surface area (Å²) >= 11 is 6.94. The number of hydrogen-bond donors (Lipinski definition) is 0. The molecule has 296 valence electrons. The van der Waals surface area contributed by atoms with Crippen LogP contribution in [0.1, 0.15) is 89.6 Å². The van der Waals surface area contributed by atoms with Crippen molar-refractivity contribution in [3.8, 4) is 17.2 Å². The van der Waals surface area contributed by atoms with Crippen LogP contribution in [-0.4, -0.2) is 103 Å². The molecule has 13 nitrogen and oxygen atoms in total. The number of rotatable bonds is 6. The lowest BCUT2D eigenvalue weighted by molar-refractivity contribution is -0.0366. The molecule has 0 N–H and O–H groups in total. The van der Waals surface area contributed by atoms with Gasteiger partial charge in [0.05, 0.1) is 41.8 Å². The van der Waals surface area contributed by atoms with Gasteiger partial charge in [0.2, 0.25) is 0 Å². The number of anilines is 1. The standard InChI is InChI=1S/C41H50ClFN10O3/c1-23-17-27-35(34(43)32(23)33-24(2)29(42)19-30-28(33)20-45-53(30)31-11-9-10-16-55-31)46-38(50-21-41(6,22-50)49(7)8)36-37(27)52(48-47-36)26-13-15-51(25(18-26)12-14-44)39(54)56-40(3,4)5/h17,19-20,25-26,31H,9-13,15-16,18,21-22H2,1-8H3/t25-,26+,31?/m1/s1. The Hall–Kier alpha value is -4.58. The summed E-state index contributed by atoms with van der Waals surface area (Å²) in [6.07, 6.45) is 5.18. The highest BCUT2D eigenvalue weighted by Crippen LogP contribution is 2.45. The highest BCUT2D eigenvalue weighted by Gasteiger charge is 2.43. The van der Waals surface area contributed by atoms with E-state index in [1.165, 1.54) is 0 Å². The number of hydrogen-bond acceptors (Lipinski definition) is 10. The number of piperidine rings is 1. The van der Waals surface area contributed by atoms with Gasteiger partial charge >= 0.3 is 6.09 Å². The number of amides is 1. The Balaban J connectivity index is 1.29.